The lowest BCUT2D eigenvalue weighted by Gasteiger charge is -2.32. The summed E-state index contributed by atoms with van der Waals surface area (Å²) < 4.78 is 10.4. The van der Waals surface area contributed by atoms with E-state index in [0.29, 0.717) is 11.7 Å². The molecule has 1 saturated heterocycles. The number of hydrogen-bond donors (Lipinski definition) is 1. The van der Waals surface area contributed by atoms with Crippen LogP contribution in [0.4, 0.5) is 0 Å². The maximum absolute atomic E-state index is 12.4. The number of nitrogens with zero attached hydrogens (tertiary/aromatic N) is 3. The van der Waals surface area contributed by atoms with Gasteiger partial charge in [-0.3, -0.25) is 9.69 Å². The Bertz CT molecular complexity index is 948. The average Bonchev–Trinajstić information content (AvgIpc) is 3.24. The minimum atomic E-state index is -0.0820. The highest BCUT2D eigenvalue weighted by Gasteiger charge is 2.22. The average molecular weight is 406 g/mol. The monoisotopic (exact) mass is 406 g/mol. The molecule has 0 radical (unpaired) electrons. The lowest BCUT2D eigenvalue weighted by atomic mass is 10.0. The molecule has 1 aliphatic heterocycles. The summed E-state index contributed by atoms with van der Waals surface area (Å²) >= 11 is 0. The van der Waals surface area contributed by atoms with Gasteiger partial charge in [-0.05, 0) is 42.7 Å². The number of benzene rings is 2. The second-order valence-corrected chi connectivity index (χ2v) is 7.52. The van der Waals surface area contributed by atoms with Crippen LogP contribution >= 0.6 is 0 Å². The van der Waals surface area contributed by atoms with Crippen LogP contribution in [-0.2, 0) is 17.8 Å². The molecule has 7 heteroatoms. The molecular weight excluding hydrogens is 380 g/mol. The van der Waals surface area contributed by atoms with E-state index < -0.39 is 0 Å². The van der Waals surface area contributed by atoms with Crippen molar-refractivity contribution in [3.05, 3.63) is 66.1 Å². The van der Waals surface area contributed by atoms with E-state index in [2.05, 4.69) is 44.6 Å². The number of carbonyl (C=O) groups excluding carboxylic acids is 1. The van der Waals surface area contributed by atoms with Crippen molar-refractivity contribution < 1.29 is 14.1 Å². The Morgan fingerprint density at radius 1 is 1.13 bits per heavy atom. The van der Waals surface area contributed by atoms with Gasteiger partial charge in [0.15, 0.2) is 0 Å². The molecule has 156 valence electrons. The van der Waals surface area contributed by atoms with Crippen molar-refractivity contribution in [2.45, 2.75) is 31.8 Å². The summed E-state index contributed by atoms with van der Waals surface area (Å²) in [6, 6.07) is 18.1. The highest BCUT2D eigenvalue weighted by Crippen LogP contribution is 2.20. The Kier molecular flexibility index (Phi) is 6.39. The number of nitrogens with one attached hydrogen (secondary N) is 1. The van der Waals surface area contributed by atoms with E-state index in [9.17, 15) is 4.79 Å². The van der Waals surface area contributed by atoms with Gasteiger partial charge in [0.25, 0.3) is 0 Å². The largest absolute Gasteiger partial charge is 0.497 e. The lowest BCUT2D eigenvalue weighted by molar-refractivity contribution is -0.121. The molecule has 1 fully saturated rings. The smallest absolute Gasteiger partial charge is 0.236 e. The highest BCUT2D eigenvalue weighted by atomic mass is 16.5. The first-order valence-corrected chi connectivity index (χ1v) is 10.2. The fourth-order valence-electron chi connectivity index (χ4n) is 3.68. The quantitative estimate of drug-likeness (QED) is 0.650. The van der Waals surface area contributed by atoms with Crippen LogP contribution in [0.3, 0.4) is 0 Å². The molecule has 30 heavy (non-hydrogen) atoms. The molecule has 0 aliphatic carbocycles. The van der Waals surface area contributed by atoms with Crippen molar-refractivity contribution in [2.75, 3.05) is 20.2 Å². The normalized spacial score (nSPS) is 15.1. The van der Waals surface area contributed by atoms with E-state index in [1.54, 1.807) is 7.11 Å². The van der Waals surface area contributed by atoms with Crippen LogP contribution in [0.1, 0.15) is 24.3 Å². The van der Waals surface area contributed by atoms with Gasteiger partial charge in [-0.2, -0.15) is 4.98 Å². The summed E-state index contributed by atoms with van der Waals surface area (Å²) in [7, 11) is 1.62. The van der Waals surface area contributed by atoms with Crippen molar-refractivity contribution in [3.63, 3.8) is 0 Å². The summed E-state index contributed by atoms with van der Waals surface area (Å²) in [4.78, 5) is 19.2. The van der Waals surface area contributed by atoms with Gasteiger partial charge in [-0.15, -0.1) is 0 Å². The number of aromatic nitrogens is 2. The van der Waals surface area contributed by atoms with Gasteiger partial charge in [0.05, 0.1) is 7.11 Å². The molecule has 1 amide bonds. The van der Waals surface area contributed by atoms with Crippen LogP contribution in [-0.4, -0.2) is 47.2 Å². The van der Waals surface area contributed by atoms with Crippen molar-refractivity contribution >= 4 is 5.91 Å². The number of hydrogen-bond acceptors (Lipinski definition) is 6. The Morgan fingerprint density at radius 2 is 1.87 bits per heavy atom. The fraction of sp³-hybridized carbons (Fsp3) is 0.348. The van der Waals surface area contributed by atoms with Crippen molar-refractivity contribution in [1.29, 1.82) is 0 Å². The van der Waals surface area contributed by atoms with Gasteiger partial charge in [0, 0.05) is 31.2 Å². The Balaban J connectivity index is 1.24. The number of likely N-dealkylation sites (tertiary alicyclic amines) is 1. The van der Waals surface area contributed by atoms with Crippen molar-refractivity contribution in [1.82, 2.24) is 20.4 Å². The molecule has 2 aromatic carbocycles. The first kappa shape index (κ1) is 20.1. The minimum absolute atomic E-state index is 0.0820. The molecule has 0 saturated carbocycles. The van der Waals surface area contributed by atoms with Gasteiger partial charge in [0.1, 0.15) is 12.2 Å². The van der Waals surface area contributed by atoms with Gasteiger partial charge >= 0.3 is 0 Å². The van der Waals surface area contributed by atoms with Crippen molar-refractivity contribution in [2.24, 2.45) is 0 Å². The number of carbonyl (C=O) groups is 1. The molecule has 0 atom stereocenters. The Morgan fingerprint density at radius 3 is 2.57 bits per heavy atom. The minimum Gasteiger partial charge on any atom is -0.497 e. The number of ether oxygens (including phenoxy) is 1. The molecule has 1 N–H and O–H groups in total. The zero-order chi connectivity index (χ0) is 20.8. The van der Waals surface area contributed by atoms with Gasteiger partial charge in [-0.1, -0.05) is 35.5 Å². The summed E-state index contributed by atoms with van der Waals surface area (Å²) in [6.07, 6.45) is 1.98. The second kappa shape index (κ2) is 9.54. The van der Waals surface area contributed by atoms with E-state index in [1.807, 2.05) is 30.3 Å². The van der Waals surface area contributed by atoms with Crippen molar-refractivity contribution in [3.8, 4) is 17.1 Å². The van der Waals surface area contributed by atoms with E-state index in [-0.39, 0.29) is 18.4 Å². The second-order valence-electron chi connectivity index (χ2n) is 7.52. The third kappa shape index (κ3) is 5.24. The van der Waals surface area contributed by atoms with Crippen LogP contribution in [0, 0.1) is 0 Å². The standard InChI is InChI=1S/C23H26N4O3/c1-29-20-9-7-18(8-10-20)23-25-22(30-26-23)15-21(28)24-19-11-13-27(14-12-19)16-17-5-3-2-4-6-17/h2-10,19H,11-16H2,1H3,(H,24,28). The zero-order valence-corrected chi connectivity index (χ0v) is 17.1. The molecule has 1 aromatic heterocycles. The first-order valence-electron chi connectivity index (χ1n) is 10.2. The molecule has 0 unspecified atom stereocenters. The Labute approximate surface area is 176 Å². The first-order chi connectivity index (χ1) is 14.7. The molecule has 3 aromatic rings. The Hall–Kier alpha value is -3.19. The maximum Gasteiger partial charge on any atom is 0.236 e. The molecule has 2 heterocycles. The number of piperidine rings is 1. The predicted molar refractivity (Wildman–Crippen MR) is 113 cm³/mol. The summed E-state index contributed by atoms with van der Waals surface area (Å²) in [6.45, 7) is 2.90. The maximum atomic E-state index is 12.4. The SMILES string of the molecule is COc1ccc(-c2noc(CC(=O)NC3CCN(Cc4ccccc4)CC3)n2)cc1. The third-order valence-corrected chi connectivity index (χ3v) is 5.33. The zero-order valence-electron chi connectivity index (χ0n) is 17.1. The number of methoxy groups -OCH3 is 1. The lowest BCUT2D eigenvalue weighted by Crippen LogP contribution is -2.44. The molecule has 0 spiro atoms. The van der Waals surface area contributed by atoms with Crippen LogP contribution in [0.2, 0.25) is 0 Å². The van der Waals surface area contributed by atoms with Crippen LogP contribution < -0.4 is 10.1 Å². The van der Waals surface area contributed by atoms with Gasteiger partial charge in [-0.25, -0.2) is 0 Å². The summed E-state index contributed by atoms with van der Waals surface area (Å²) in [5, 5.41) is 7.08. The molecule has 0 bridgehead atoms. The molecule has 7 nitrogen and oxygen atoms in total. The van der Waals surface area contributed by atoms with E-state index in [0.717, 1.165) is 43.8 Å². The van der Waals surface area contributed by atoms with E-state index in [4.69, 9.17) is 9.26 Å². The van der Waals surface area contributed by atoms with Crippen LogP contribution in [0.25, 0.3) is 11.4 Å². The number of amides is 1. The van der Waals surface area contributed by atoms with Crippen LogP contribution in [0.15, 0.2) is 59.1 Å². The number of rotatable bonds is 7. The summed E-state index contributed by atoms with van der Waals surface area (Å²) in [5.74, 6) is 1.47. The van der Waals surface area contributed by atoms with Gasteiger partial charge in [0.2, 0.25) is 17.6 Å². The topological polar surface area (TPSA) is 80.5 Å². The van der Waals surface area contributed by atoms with E-state index >= 15 is 0 Å². The third-order valence-electron chi connectivity index (χ3n) is 5.33. The van der Waals surface area contributed by atoms with E-state index in [1.165, 1.54) is 5.56 Å². The molecule has 4 rings (SSSR count). The molecule has 1 aliphatic rings. The predicted octanol–water partition coefficient (Wildman–Crippen LogP) is 3.07. The summed E-state index contributed by atoms with van der Waals surface area (Å²) in [5.41, 5.74) is 2.14. The van der Waals surface area contributed by atoms with Crippen LogP contribution in [0.5, 0.6) is 5.75 Å². The molecular formula is C23H26N4O3. The van der Waals surface area contributed by atoms with Gasteiger partial charge < -0.3 is 14.6 Å². The fourth-order valence-corrected chi connectivity index (χ4v) is 3.68. The highest BCUT2D eigenvalue weighted by molar-refractivity contribution is 5.78.